The van der Waals surface area contributed by atoms with Gasteiger partial charge in [0, 0.05) is 12.5 Å². The molecule has 2 aromatic carbocycles. The van der Waals surface area contributed by atoms with Crippen LogP contribution >= 0.6 is 11.3 Å². The Hall–Kier alpha value is -1.78. The van der Waals surface area contributed by atoms with Gasteiger partial charge in [-0.3, -0.25) is 0 Å². The molecule has 1 unspecified atom stereocenters. The first-order valence-electron chi connectivity index (χ1n) is 6.52. The lowest BCUT2D eigenvalue weighted by Crippen LogP contribution is -2.06. The number of rotatable bonds is 3. The number of thiazole rings is 1. The topological polar surface area (TPSA) is 38.9 Å². The Kier molecular flexibility index (Phi) is 3.51. The van der Waals surface area contributed by atoms with Crippen molar-refractivity contribution in [2.75, 3.05) is 0 Å². The van der Waals surface area contributed by atoms with Gasteiger partial charge in [-0.15, -0.1) is 11.3 Å². The first kappa shape index (κ1) is 13.2. The predicted octanol–water partition coefficient (Wildman–Crippen LogP) is 4.05. The van der Waals surface area contributed by atoms with E-state index in [1.165, 1.54) is 6.07 Å². The van der Waals surface area contributed by atoms with E-state index in [4.69, 9.17) is 5.73 Å². The Balaban J connectivity index is 1.95. The third kappa shape index (κ3) is 2.57. The molecule has 102 valence electrons. The summed E-state index contributed by atoms with van der Waals surface area (Å²) in [6.45, 7) is 1.90. The summed E-state index contributed by atoms with van der Waals surface area (Å²) in [5.41, 5.74) is 8.42. The van der Waals surface area contributed by atoms with Crippen molar-refractivity contribution in [3.05, 3.63) is 64.4 Å². The van der Waals surface area contributed by atoms with Gasteiger partial charge < -0.3 is 5.73 Å². The molecule has 0 bridgehead atoms. The van der Waals surface area contributed by atoms with Gasteiger partial charge in [0.2, 0.25) is 0 Å². The largest absolute Gasteiger partial charge is 0.324 e. The molecule has 0 aliphatic carbocycles. The molecule has 3 rings (SSSR count). The van der Waals surface area contributed by atoms with Gasteiger partial charge in [0.15, 0.2) is 0 Å². The second kappa shape index (κ2) is 5.31. The van der Waals surface area contributed by atoms with Crippen LogP contribution in [0.15, 0.2) is 42.5 Å². The molecule has 1 heterocycles. The molecule has 0 radical (unpaired) electrons. The van der Waals surface area contributed by atoms with Crippen LogP contribution in [-0.2, 0) is 6.42 Å². The minimum absolute atomic E-state index is 0.0929. The summed E-state index contributed by atoms with van der Waals surface area (Å²) in [5.74, 6) is -0.200. The fourth-order valence-corrected chi connectivity index (χ4v) is 3.16. The molecule has 0 amide bonds. The fraction of sp³-hybridized carbons (Fsp3) is 0.188. The quantitative estimate of drug-likeness (QED) is 0.789. The van der Waals surface area contributed by atoms with Crippen LogP contribution in [0.25, 0.3) is 10.2 Å². The molecule has 2 nitrogen and oxygen atoms in total. The predicted molar refractivity (Wildman–Crippen MR) is 81.4 cm³/mol. The second-order valence-electron chi connectivity index (χ2n) is 4.89. The third-order valence-electron chi connectivity index (χ3n) is 3.28. The minimum atomic E-state index is -0.200. The first-order valence-corrected chi connectivity index (χ1v) is 7.33. The number of hydrogen-bond donors (Lipinski definition) is 1. The van der Waals surface area contributed by atoms with Gasteiger partial charge >= 0.3 is 0 Å². The summed E-state index contributed by atoms with van der Waals surface area (Å²) in [7, 11) is 0. The van der Waals surface area contributed by atoms with Crippen molar-refractivity contribution >= 4 is 21.6 Å². The molecule has 0 saturated heterocycles. The van der Waals surface area contributed by atoms with Crippen molar-refractivity contribution < 1.29 is 4.39 Å². The highest BCUT2D eigenvalue weighted by Crippen LogP contribution is 2.25. The van der Waals surface area contributed by atoms with Crippen LogP contribution in [0.2, 0.25) is 0 Å². The average Bonchev–Trinajstić information content (AvgIpc) is 2.83. The number of nitrogens with two attached hydrogens (primary N) is 1. The fourth-order valence-electron chi connectivity index (χ4n) is 2.17. The zero-order valence-corrected chi connectivity index (χ0v) is 12.0. The molecule has 0 aliphatic heterocycles. The van der Waals surface area contributed by atoms with Crippen LogP contribution < -0.4 is 5.73 Å². The van der Waals surface area contributed by atoms with E-state index in [0.29, 0.717) is 12.0 Å². The molecule has 1 aromatic heterocycles. The smallest absolute Gasteiger partial charge is 0.126 e. The van der Waals surface area contributed by atoms with Crippen molar-refractivity contribution in [2.24, 2.45) is 5.73 Å². The van der Waals surface area contributed by atoms with Gasteiger partial charge in [0.05, 0.1) is 15.2 Å². The molecule has 20 heavy (non-hydrogen) atoms. The highest BCUT2D eigenvalue weighted by atomic mass is 32.1. The van der Waals surface area contributed by atoms with E-state index in [2.05, 4.69) is 4.98 Å². The van der Waals surface area contributed by atoms with Crippen LogP contribution in [-0.4, -0.2) is 4.98 Å². The maximum absolute atomic E-state index is 13.9. The molecule has 3 aromatic rings. The highest BCUT2D eigenvalue weighted by Gasteiger charge is 2.10. The highest BCUT2D eigenvalue weighted by molar-refractivity contribution is 7.18. The standard InChI is InChI=1S/C16H15FN2S/c1-10(18)11-6-7-13(17)12(8-11)9-16-19-14-4-2-3-5-15(14)20-16/h2-8,10H,9,18H2,1H3. The minimum Gasteiger partial charge on any atom is -0.324 e. The number of fused-ring (bicyclic) bond motifs is 1. The maximum atomic E-state index is 13.9. The van der Waals surface area contributed by atoms with E-state index >= 15 is 0 Å². The van der Waals surface area contributed by atoms with E-state index in [0.717, 1.165) is 20.8 Å². The van der Waals surface area contributed by atoms with Gasteiger partial charge in [-0.05, 0) is 36.2 Å². The Bertz CT molecular complexity index is 716. The van der Waals surface area contributed by atoms with Gasteiger partial charge in [0.25, 0.3) is 0 Å². The van der Waals surface area contributed by atoms with E-state index < -0.39 is 0 Å². The van der Waals surface area contributed by atoms with Crippen LogP contribution in [0.3, 0.4) is 0 Å². The number of hydrogen-bond acceptors (Lipinski definition) is 3. The van der Waals surface area contributed by atoms with Crippen LogP contribution in [0.4, 0.5) is 4.39 Å². The monoisotopic (exact) mass is 286 g/mol. The third-order valence-corrected chi connectivity index (χ3v) is 4.31. The van der Waals surface area contributed by atoms with Gasteiger partial charge in [-0.1, -0.05) is 24.3 Å². The molecule has 1 atom stereocenters. The maximum Gasteiger partial charge on any atom is 0.126 e. The lowest BCUT2D eigenvalue weighted by molar-refractivity contribution is 0.611. The Morgan fingerprint density at radius 3 is 2.80 bits per heavy atom. The summed E-state index contributed by atoms with van der Waals surface area (Å²) >= 11 is 1.61. The Morgan fingerprint density at radius 1 is 1.25 bits per heavy atom. The Labute approximate surface area is 121 Å². The van der Waals surface area contributed by atoms with E-state index in [9.17, 15) is 4.39 Å². The number of aromatic nitrogens is 1. The second-order valence-corrected chi connectivity index (χ2v) is 6.01. The number of halogens is 1. The van der Waals surface area contributed by atoms with E-state index in [-0.39, 0.29) is 11.9 Å². The molecule has 2 N–H and O–H groups in total. The summed E-state index contributed by atoms with van der Waals surface area (Å²) in [4.78, 5) is 4.54. The number of para-hydroxylation sites is 1. The molecule has 4 heteroatoms. The van der Waals surface area contributed by atoms with Crippen LogP contribution in [0.1, 0.15) is 29.1 Å². The summed E-state index contributed by atoms with van der Waals surface area (Å²) in [6, 6.07) is 12.9. The molecular weight excluding hydrogens is 271 g/mol. The molecular formula is C16H15FN2S. The SMILES string of the molecule is CC(N)c1ccc(F)c(Cc2nc3ccccc3s2)c1. The molecule has 0 spiro atoms. The summed E-state index contributed by atoms with van der Waals surface area (Å²) in [6.07, 6.45) is 0.506. The van der Waals surface area contributed by atoms with Crippen molar-refractivity contribution in [1.82, 2.24) is 4.98 Å². The zero-order chi connectivity index (χ0) is 14.1. The normalized spacial score (nSPS) is 12.8. The van der Waals surface area contributed by atoms with Crippen LogP contribution in [0, 0.1) is 5.82 Å². The molecule has 0 aliphatic rings. The van der Waals surface area contributed by atoms with Gasteiger partial charge in [0.1, 0.15) is 5.82 Å². The number of nitrogens with zero attached hydrogens (tertiary/aromatic N) is 1. The van der Waals surface area contributed by atoms with E-state index in [1.54, 1.807) is 17.4 Å². The summed E-state index contributed by atoms with van der Waals surface area (Å²) in [5, 5.41) is 0.923. The molecule has 0 saturated carbocycles. The van der Waals surface area contributed by atoms with Crippen molar-refractivity contribution in [1.29, 1.82) is 0 Å². The zero-order valence-electron chi connectivity index (χ0n) is 11.1. The van der Waals surface area contributed by atoms with Gasteiger partial charge in [-0.2, -0.15) is 0 Å². The lowest BCUT2D eigenvalue weighted by atomic mass is 10.0. The van der Waals surface area contributed by atoms with E-state index in [1.807, 2.05) is 37.3 Å². The first-order chi connectivity index (χ1) is 9.63. The van der Waals surface area contributed by atoms with Gasteiger partial charge in [-0.25, -0.2) is 9.37 Å². The average molecular weight is 286 g/mol. The van der Waals surface area contributed by atoms with Crippen molar-refractivity contribution in [3.8, 4) is 0 Å². The number of benzene rings is 2. The Morgan fingerprint density at radius 2 is 2.05 bits per heavy atom. The van der Waals surface area contributed by atoms with Crippen LogP contribution in [0.5, 0.6) is 0 Å². The lowest BCUT2D eigenvalue weighted by Gasteiger charge is -2.08. The van der Waals surface area contributed by atoms with Crippen molar-refractivity contribution in [2.45, 2.75) is 19.4 Å². The molecule has 0 fully saturated rings. The summed E-state index contributed by atoms with van der Waals surface area (Å²) < 4.78 is 15.0. The van der Waals surface area contributed by atoms with Crippen molar-refractivity contribution in [3.63, 3.8) is 0 Å².